The molecule has 2 aromatic heterocycles. The summed E-state index contributed by atoms with van der Waals surface area (Å²) in [7, 11) is 1.54. The van der Waals surface area contributed by atoms with E-state index >= 15 is 0 Å². The van der Waals surface area contributed by atoms with Crippen molar-refractivity contribution in [2.75, 3.05) is 13.9 Å². The third kappa shape index (κ3) is 6.80. The van der Waals surface area contributed by atoms with Gasteiger partial charge in [-0.15, -0.1) is 0 Å². The zero-order valence-electron chi connectivity index (χ0n) is 10.7. The maximum atomic E-state index is 8.88. The van der Waals surface area contributed by atoms with Crippen molar-refractivity contribution in [3.05, 3.63) is 43.8 Å². The van der Waals surface area contributed by atoms with Gasteiger partial charge in [0.1, 0.15) is 0 Å². The van der Waals surface area contributed by atoms with Gasteiger partial charge in [0, 0.05) is 28.4 Å². The molecule has 0 bridgehead atoms. The van der Waals surface area contributed by atoms with Crippen molar-refractivity contribution in [1.82, 2.24) is 9.97 Å². The zero-order valence-corrected chi connectivity index (χ0v) is 15.4. The van der Waals surface area contributed by atoms with E-state index in [0.717, 1.165) is 4.47 Å². The van der Waals surface area contributed by atoms with Crippen LogP contribution in [0.4, 0.5) is 0 Å². The molecule has 2 heterocycles. The molecule has 0 aromatic carbocycles. The molecular weight excluding hydrogens is 451 g/mol. The number of aromatic hydroxyl groups is 1. The summed E-state index contributed by atoms with van der Waals surface area (Å²) in [5.41, 5.74) is 0. The Balaban J connectivity index is 0.000000219. The number of hydrogen-bond donors (Lipinski definition) is 1. The third-order valence-electron chi connectivity index (χ3n) is 1.89. The normalized spacial score (nSPS) is 9.76. The number of methoxy groups -OCH3 is 1. The van der Waals surface area contributed by atoms with Crippen LogP contribution in [0.5, 0.6) is 11.5 Å². The van der Waals surface area contributed by atoms with E-state index in [1.165, 1.54) is 12.3 Å². The Morgan fingerprint density at radius 1 is 1.10 bits per heavy atom. The molecule has 0 aliphatic rings. The van der Waals surface area contributed by atoms with Gasteiger partial charge in [0.05, 0.1) is 0 Å². The molecule has 1 N–H and O–H groups in total. The Hall–Kier alpha value is -0.600. The Morgan fingerprint density at radius 2 is 1.67 bits per heavy atom. The molecule has 21 heavy (non-hydrogen) atoms. The second-order valence-corrected chi connectivity index (χ2v) is 6.00. The molecular formula is C12H10Br2Cl2N2O3. The van der Waals surface area contributed by atoms with Gasteiger partial charge in [0.25, 0.3) is 0 Å². The maximum Gasteiger partial charge on any atom is 0.188 e. The Labute approximate surface area is 148 Å². The standard InChI is InChI=1S/C7H7BrClNO2.C5H3BrClNO/c1-11-4-12-6-2-5(8)3-10-7(6)9;6-3-1-4(9)5(7)8-2-3/h2-3H,4H2,1H3;1-2,9H. The Bertz CT molecular complexity index is 603. The quantitative estimate of drug-likeness (QED) is 0.532. The van der Waals surface area contributed by atoms with Crippen LogP contribution in [0.1, 0.15) is 0 Å². The minimum Gasteiger partial charge on any atom is -0.505 e. The van der Waals surface area contributed by atoms with Gasteiger partial charge in [-0.2, -0.15) is 0 Å². The summed E-state index contributed by atoms with van der Waals surface area (Å²) in [6.07, 6.45) is 3.12. The zero-order chi connectivity index (χ0) is 15.8. The van der Waals surface area contributed by atoms with E-state index in [1.807, 2.05) is 0 Å². The van der Waals surface area contributed by atoms with Crippen molar-refractivity contribution in [3.8, 4) is 11.5 Å². The molecule has 2 aromatic rings. The van der Waals surface area contributed by atoms with Crippen molar-refractivity contribution in [1.29, 1.82) is 0 Å². The summed E-state index contributed by atoms with van der Waals surface area (Å²) in [6, 6.07) is 3.21. The number of halogens is 4. The Kier molecular flexibility index (Phi) is 8.28. The first kappa shape index (κ1) is 18.4. The van der Waals surface area contributed by atoms with Crippen LogP contribution in [0.25, 0.3) is 0 Å². The minimum absolute atomic E-state index is 0.00829. The average Bonchev–Trinajstić information content (AvgIpc) is 2.45. The molecule has 0 atom stereocenters. The number of hydrogen-bond acceptors (Lipinski definition) is 5. The van der Waals surface area contributed by atoms with Crippen LogP contribution in [0.2, 0.25) is 10.3 Å². The molecule has 0 aliphatic carbocycles. The highest BCUT2D eigenvalue weighted by atomic mass is 79.9. The molecule has 0 unspecified atom stereocenters. The molecule has 9 heteroatoms. The van der Waals surface area contributed by atoms with E-state index in [-0.39, 0.29) is 17.7 Å². The van der Waals surface area contributed by atoms with E-state index < -0.39 is 0 Å². The van der Waals surface area contributed by atoms with E-state index in [1.54, 1.807) is 19.4 Å². The second-order valence-electron chi connectivity index (χ2n) is 3.46. The van der Waals surface area contributed by atoms with Gasteiger partial charge in [0.2, 0.25) is 0 Å². The predicted molar refractivity (Wildman–Crippen MR) is 88.1 cm³/mol. The van der Waals surface area contributed by atoms with Gasteiger partial charge in [-0.25, -0.2) is 9.97 Å². The van der Waals surface area contributed by atoms with Gasteiger partial charge in [-0.05, 0) is 44.0 Å². The lowest BCUT2D eigenvalue weighted by Gasteiger charge is -2.05. The Morgan fingerprint density at radius 3 is 2.19 bits per heavy atom. The predicted octanol–water partition coefficient (Wildman–Crippen LogP) is 4.68. The number of aromatic nitrogens is 2. The van der Waals surface area contributed by atoms with Gasteiger partial charge < -0.3 is 14.6 Å². The van der Waals surface area contributed by atoms with Crippen LogP contribution in [0.3, 0.4) is 0 Å². The molecule has 0 radical (unpaired) electrons. The first-order valence-corrected chi connectivity index (χ1v) is 7.71. The third-order valence-corrected chi connectivity index (χ3v) is 3.34. The van der Waals surface area contributed by atoms with Crippen LogP contribution in [-0.2, 0) is 4.74 Å². The molecule has 2 rings (SSSR count). The van der Waals surface area contributed by atoms with Gasteiger partial charge in [-0.1, -0.05) is 23.2 Å². The summed E-state index contributed by atoms with van der Waals surface area (Å²) < 4.78 is 11.4. The largest absolute Gasteiger partial charge is 0.505 e. The number of ether oxygens (including phenoxy) is 2. The lowest BCUT2D eigenvalue weighted by Crippen LogP contribution is -1.99. The van der Waals surface area contributed by atoms with Gasteiger partial charge in [-0.3, -0.25) is 0 Å². The second kappa shape index (κ2) is 9.42. The van der Waals surface area contributed by atoms with Crippen LogP contribution in [0.15, 0.2) is 33.5 Å². The van der Waals surface area contributed by atoms with Gasteiger partial charge in [0.15, 0.2) is 28.6 Å². The fourth-order valence-corrected chi connectivity index (χ4v) is 1.93. The molecule has 0 spiro atoms. The summed E-state index contributed by atoms with van der Waals surface area (Å²) in [5, 5.41) is 9.33. The fourth-order valence-electron chi connectivity index (χ4n) is 1.04. The first-order valence-electron chi connectivity index (χ1n) is 5.36. The van der Waals surface area contributed by atoms with E-state index in [0.29, 0.717) is 15.4 Å². The smallest absolute Gasteiger partial charge is 0.188 e. The molecule has 114 valence electrons. The SMILES string of the molecule is COCOc1cc(Br)cnc1Cl.Oc1cc(Br)cnc1Cl. The van der Waals surface area contributed by atoms with Crippen LogP contribution < -0.4 is 4.74 Å². The van der Waals surface area contributed by atoms with E-state index in [4.69, 9.17) is 37.8 Å². The summed E-state index contributed by atoms with van der Waals surface area (Å²) >= 11 is 17.5. The van der Waals surface area contributed by atoms with Crippen LogP contribution in [-0.4, -0.2) is 29.0 Å². The van der Waals surface area contributed by atoms with Crippen LogP contribution >= 0.6 is 55.1 Å². The highest BCUT2D eigenvalue weighted by Gasteiger charge is 2.02. The highest BCUT2D eigenvalue weighted by molar-refractivity contribution is 9.10. The minimum atomic E-state index is -0.00829. The molecule has 0 fully saturated rings. The number of rotatable bonds is 3. The lowest BCUT2D eigenvalue weighted by molar-refractivity contribution is 0.0509. The molecule has 0 saturated heterocycles. The van der Waals surface area contributed by atoms with Crippen molar-refractivity contribution >= 4 is 55.1 Å². The average molecular weight is 461 g/mol. The molecule has 0 amide bonds. The van der Waals surface area contributed by atoms with Crippen molar-refractivity contribution in [2.45, 2.75) is 0 Å². The van der Waals surface area contributed by atoms with Gasteiger partial charge >= 0.3 is 0 Å². The summed E-state index contributed by atoms with van der Waals surface area (Å²) in [6.45, 7) is 0.165. The monoisotopic (exact) mass is 458 g/mol. The molecule has 0 saturated carbocycles. The topological polar surface area (TPSA) is 64.5 Å². The van der Waals surface area contributed by atoms with E-state index in [2.05, 4.69) is 41.8 Å². The van der Waals surface area contributed by atoms with Crippen molar-refractivity contribution in [3.63, 3.8) is 0 Å². The maximum absolute atomic E-state index is 8.88. The highest BCUT2D eigenvalue weighted by Crippen LogP contribution is 2.25. The number of nitrogens with zero attached hydrogens (tertiary/aromatic N) is 2. The van der Waals surface area contributed by atoms with E-state index in [9.17, 15) is 0 Å². The lowest BCUT2D eigenvalue weighted by atomic mass is 10.5. The molecule has 0 aliphatic heterocycles. The van der Waals surface area contributed by atoms with Crippen molar-refractivity contribution in [2.24, 2.45) is 0 Å². The van der Waals surface area contributed by atoms with Crippen molar-refractivity contribution < 1.29 is 14.6 Å². The first-order chi connectivity index (χ1) is 9.93. The summed E-state index contributed by atoms with van der Waals surface area (Å²) in [4.78, 5) is 7.52. The fraction of sp³-hybridized carbons (Fsp3) is 0.167. The molecule has 5 nitrogen and oxygen atoms in total. The summed E-state index contributed by atoms with van der Waals surface area (Å²) in [5.74, 6) is 0.499. The number of pyridine rings is 2. The van der Waals surface area contributed by atoms with Crippen LogP contribution in [0, 0.1) is 0 Å².